The number of ether oxygens (including phenoxy) is 1. The van der Waals surface area contributed by atoms with Crippen LogP contribution in [0.4, 0.5) is 22.0 Å². The van der Waals surface area contributed by atoms with E-state index in [1.165, 1.54) is 12.1 Å². The molecular weight excluding hydrogens is 441 g/mol. The fourth-order valence-electron chi connectivity index (χ4n) is 2.56. The summed E-state index contributed by atoms with van der Waals surface area (Å²) in [6, 6.07) is 6.66. The zero-order chi connectivity index (χ0) is 23.5. The van der Waals surface area contributed by atoms with Crippen molar-refractivity contribution in [2.24, 2.45) is 5.73 Å². The van der Waals surface area contributed by atoms with Crippen LogP contribution in [0.25, 0.3) is 5.69 Å². The lowest BCUT2D eigenvalue weighted by Gasteiger charge is -2.14. The minimum absolute atomic E-state index is 0.0779. The predicted molar refractivity (Wildman–Crippen MR) is 99.0 cm³/mol. The van der Waals surface area contributed by atoms with Crippen LogP contribution < -0.4 is 15.8 Å². The minimum Gasteiger partial charge on any atom is -0.486 e. The number of carbonyl (C=O) groups is 2. The summed E-state index contributed by atoms with van der Waals surface area (Å²) < 4.78 is 71.5. The van der Waals surface area contributed by atoms with Crippen molar-refractivity contribution in [2.75, 3.05) is 6.54 Å². The summed E-state index contributed by atoms with van der Waals surface area (Å²) in [6.07, 6.45) is -3.49. The van der Waals surface area contributed by atoms with Crippen molar-refractivity contribution in [3.63, 3.8) is 0 Å². The molecule has 0 saturated heterocycles. The van der Waals surface area contributed by atoms with E-state index < -0.39 is 48.3 Å². The van der Waals surface area contributed by atoms with Gasteiger partial charge in [0, 0.05) is 5.56 Å². The molecule has 0 aliphatic heterocycles. The number of amides is 2. The Bertz CT molecular complexity index is 1140. The zero-order valence-corrected chi connectivity index (χ0v) is 16.0. The first-order chi connectivity index (χ1) is 15.0. The molecule has 3 rings (SSSR count). The molecule has 32 heavy (non-hydrogen) atoms. The van der Waals surface area contributed by atoms with Crippen LogP contribution in [0.2, 0.25) is 0 Å². The number of nitrogens with zero attached hydrogens (tertiary/aromatic N) is 3. The lowest BCUT2D eigenvalue weighted by molar-refractivity contribution is -0.123. The molecule has 0 aliphatic rings. The first-order valence-electron chi connectivity index (χ1n) is 8.82. The Morgan fingerprint density at radius 1 is 1.12 bits per heavy atom. The van der Waals surface area contributed by atoms with Crippen molar-refractivity contribution in [1.82, 2.24) is 20.3 Å². The molecule has 3 N–H and O–H groups in total. The Hall–Kier alpha value is -4.03. The highest BCUT2D eigenvalue weighted by atomic mass is 19.4. The van der Waals surface area contributed by atoms with Gasteiger partial charge in [0.1, 0.15) is 36.2 Å². The van der Waals surface area contributed by atoms with Crippen molar-refractivity contribution >= 4 is 11.8 Å². The highest BCUT2D eigenvalue weighted by Crippen LogP contribution is 2.26. The molecule has 1 heterocycles. The third-order valence-electron chi connectivity index (χ3n) is 4.10. The van der Waals surface area contributed by atoms with Crippen molar-refractivity contribution in [2.45, 2.75) is 12.8 Å². The van der Waals surface area contributed by atoms with Crippen LogP contribution in [0.15, 0.2) is 42.6 Å². The van der Waals surface area contributed by atoms with Gasteiger partial charge in [0.05, 0.1) is 11.8 Å². The molecule has 0 atom stereocenters. The summed E-state index contributed by atoms with van der Waals surface area (Å²) in [5.74, 6) is -3.89. The fourth-order valence-corrected chi connectivity index (χ4v) is 2.56. The Kier molecular flexibility index (Phi) is 6.37. The molecule has 0 spiro atoms. The van der Waals surface area contributed by atoms with Crippen LogP contribution >= 0.6 is 0 Å². The third kappa shape index (κ3) is 5.36. The lowest BCUT2D eigenvalue weighted by Crippen LogP contribution is -2.33. The number of carbonyl (C=O) groups excluding carboxylic acids is 2. The van der Waals surface area contributed by atoms with E-state index in [0.717, 1.165) is 35.1 Å². The molecule has 168 valence electrons. The molecule has 2 amide bonds. The monoisotopic (exact) mass is 455 g/mol. The number of aromatic nitrogens is 3. The summed E-state index contributed by atoms with van der Waals surface area (Å²) >= 11 is 0. The predicted octanol–water partition coefficient (Wildman–Crippen LogP) is 2.52. The van der Waals surface area contributed by atoms with Crippen molar-refractivity contribution in [3.8, 4) is 11.4 Å². The average molecular weight is 455 g/mol. The maximum Gasteiger partial charge on any atom is 0.405 e. The van der Waals surface area contributed by atoms with Crippen LogP contribution in [0.3, 0.4) is 0 Å². The van der Waals surface area contributed by atoms with Gasteiger partial charge in [0.25, 0.3) is 11.8 Å². The summed E-state index contributed by atoms with van der Waals surface area (Å²) in [6.45, 7) is -2.17. The molecule has 0 saturated carbocycles. The van der Waals surface area contributed by atoms with Crippen LogP contribution in [-0.2, 0) is 6.61 Å². The first kappa shape index (κ1) is 22.7. The number of halogens is 5. The summed E-state index contributed by atoms with van der Waals surface area (Å²) in [5.41, 5.74) is 4.36. The van der Waals surface area contributed by atoms with Gasteiger partial charge in [-0.25, -0.2) is 13.5 Å². The highest BCUT2D eigenvalue weighted by Gasteiger charge is 2.28. The maximum atomic E-state index is 13.9. The number of primary amides is 1. The Labute approximate surface area is 176 Å². The normalized spacial score (nSPS) is 11.3. The number of hydrogen-bond acceptors (Lipinski definition) is 5. The van der Waals surface area contributed by atoms with E-state index in [2.05, 4.69) is 10.3 Å². The molecule has 2 aromatic carbocycles. The van der Waals surface area contributed by atoms with Crippen molar-refractivity contribution in [1.29, 1.82) is 0 Å². The van der Waals surface area contributed by atoms with E-state index >= 15 is 0 Å². The molecule has 1 aromatic heterocycles. The molecule has 13 heteroatoms. The molecule has 0 unspecified atom stereocenters. The van der Waals surface area contributed by atoms with E-state index in [9.17, 15) is 31.5 Å². The van der Waals surface area contributed by atoms with Crippen LogP contribution in [-0.4, -0.2) is 39.5 Å². The molecule has 0 radical (unpaired) electrons. The molecule has 0 aliphatic carbocycles. The van der Waals surface area contributed by atoms with Crippen molar-refractivity contribution in [3.05, 3.63) is 71.1 Å². The van der Waals surface area contributed by atoms with Gasteiger partial charge in [0.15, 0.2) is 5.69 Å². The lowest BCUT2D eigenvalue weighted by atomic mass is 10.1. The number of benzene rings is 2. The molecule has 0 fully saturated rings. The van der Waals surface area contributed by atoms with Crippen LogP contribution in [0.5, 0.6) is 5.75 Å². The van der Waals surface area contributed by atoms with Gasteiger partial charge in [-0.15, -0.1) is 5.10 Å². The number of nitrogens with two attached hydrogens (primary N) is 1. The van der Waals surface area contributed by atoms with E-state index in [-0.39, 0.29) is 22.7 Å². The van der Waals surface area contributed by atoms with Gasteiger partial charge in [-0.05, 0) is 30.3 Å². The molecule has 3 aromatic rings. The van der Waals surface area contributed by atoms with E-state index in [0.29, 0.717) is 0 Å². The number of nitrogens with one attached hydrogen (secondary N) is 1. The summed E-state index contributed by atoms with van der Waals surface area (Å²) in [5, 5.41) is 8.94. The fraction of sp³-hybridized carbons (Fsp3) is 0.158. The van der Waals surface area contributed by atoms with Gasteiger partial charge in [0.2, 0.25) is 0 Å². The Morgan fingerprint density at radius 3 is 2.41 bits per heavy atom. The minimum atomic E-state index is -4.62. The number of rotatable bonds is 7. The second-order valence-electron chi connectivity index (χ2n) is 6.38. The van der Waals surface area contributed by atoms with Crippen LogP contribution in [0.1, 0.15) is 26.4 Å². The van der Waals surface area contributed by atoms with Gasteiger partial charge in [-0.3, -0.25) is 9.59 Å². The quantitative estimate of drug-likeness (QED) is 0.532. The van der Waals surface area contributed by atoms with Gasteiger partial charge >= 0.3 is 6.18 Å². The number of hydrogen-bond donors (Lipinski definition) is 2. The van der Waals surface area contributed by atoms with Gasteiger partial charge < -0.3 is 15.8 Å². The smallest absolute Gasteiger partial charge is 0.405 e. The molecule has 0 bridgehead atoms. The largest absolute Gasteiger partial charge is 0.486 e. The zero-order valence-electron chi connectivity index (χ0n) is 16.0. The second-order valence-corrected chi connectivity index (χ2v) is 6.38. The van der Waals surface area contributed by atoms with Crippen LogP contribution in [0, 0.1) is 11.6 Å². The Balaban J connectivity index is 1.95. The summed E-state index contributed by atoms with van der Waals surface area (Å²) in [4.78, 5) is 23.3. The number of alkyl halides is 3. The standard InChI is InChI=1S/C19H14F5N5O3/c20-12-2-1-3-13(21)11(12)8-32-16-6-10(18(31)26-9-19(22,23)24)4-5-15(16)29-7-14(17(25)30)27-28-29/h1-7H,8-9H2,(H2,25,30)(H,26,31). The van der Waals surface area contributed by atoms with Gasteiger partial charge in [-0.1, -0.05) is 11.3 Å². The highest BCUT2D eigenvalue weighted by molar-refractivity contribution is 5.95. The van der Waals surface area contributed by atoms with E-state index in [1.807, 2.05) is 0 Å². The SMILES string of the molecule is NC(=O)c1cn(-c2ccc(C(=O)NCC(F)(F)F)cc2OCc2c(F)cccc2F)nn1. The van der Waals surface area contributed by atoms with Gasteiger partial charge in [-0.2, -0.15) is 13.2 Å². The second kappa shape index (κ2) is 8.99. The molecule has 8 nitrogen and oxygen atoms in total. The van der Waals surface area contributed by atoms with Crippen molar-refractivity contribution < 1.29 is 36.3 Å². The average Bonchev–Trinajstić information content (AvgIpc) is 3.21. The maximum absolute atomic E-state index is 13.9. The Morgan fingerprint density at radius 2 is 1.81 bits per heavy atom. The first-order valence-corrected chi connectivity index (χ1v) is 8.82. The topological polar surface area (TPSA) is 112 Å². The van der Waals surface area contributed by atoms with E-state index in [1.54, 1.807) is 5.32 Å². The molecular formula is C19H14F5N5O3. The summed E-state index contributed by atoms with van der Waals surface area (Å²) in [7, 11) is 0. The third-order valence-corrected chi connectivity index (χ3v) is 4.10. The van der Waals surface area contributed by atoms with E-state index in [4.69, 9.17) is 10.5 Å².